The predicted molar refractivity (Wildman–Crippen MR) is 73.3 cm³/mol. The summed E-state index contributed by atoms with van der Waals surface area (Å²) >= 11 is 0. The van der Waals surface area contributed by atoms with E-state index >= 15 is 0 Å². The lowest BCUT2D eigenvalue weighted by atomic mass is 9.88. The Kier molecular flexibility index (Phi) is 4.45. The van der Waals surface area contributed by atoms with Gasteiger partial charge in [-0.05, 0) is 23.3 Å². The van der Waals surface area contributed by atoms with Gasteiger partial charge in [0.2, 0.25) is 5.91 Å². The normalized spacial score (nSPS) is 11.9. The molecule has 0 spiro atoms. The molecule has 2 aromatic rings. The van der Waals surface area contributed by atoms with Gasteiger partial charge in [0.1, 0.15) is 0 Å². The third-order valence-electron chi connectivity index (χ3n) is 3.22. The maximum absolute atomic E-state index is 13.4. The van der Waals surface area contributed by atoms with Crippen molar-refractivity contribution < 1.29 is 13.6 Å². The van der Waals surface area contributed by atoms with E-state index in [1.54, 1.807) is 7.05 Å². The van der Waals surface area contributed by atoms with E-state index in [1.165, 1.54) is 6.07 Å². The fraction of sp³-hybridized carbons (Fsp3) is 0.188. The molecule has 1 amide bonds. The number of amides is 1. The van der Waals surface area contributed by atoms with E-state index in [0.29, 0.717) is 5.56 Å². The largest absolute Gasteiger partial charge is 0.359 e. The van der Waals surface area contributed by atoms with Gasteiger partial charge < -0.3 is 5.32 Å². The Labute approximate surface area is 116 Å². The zero-order chi connectivity index (χ0) is 14.5. The minimum absolute atomic E-state index is 0.149. The van der Waals surface area contributed by atoms with Crippen LogP contribution in [0.4, 0.5) is 8.78 Å². The van der Waals surface area contributed by atoms with E-state index in [0.717, 1.165) is 17.7 Å². The molecule has 0 aromatic heterocycles. The Morgan fingerprint density at radius 3 is 2.35 bits per heavy atom. The summed E-state index contributed by atoms with van der Waals surface area (Å²) in [6.45, 7) is 0. The number of carbonyl (C=O) groups is 1. The van der Waals surface area contributed by atoms with Crippen molar-refractivity contribution in [1.82, 2.24) is 5.32 Å². The molecule has 104 valence electrons. The molecule has 2 aromatic carbocycles. The van der Waals surface area contributed by atoms with E-state index < -0.39 is 11.6 Å². The van der Waals surface area contributed by atoms with Gasteiger partial charge in [-0.1, -0.05) is 36.4 Å². The van der Waals surface area contributed by atoms with Gasteiger partial charge in [0.05, 0.1) is 0 Å². The Morgan fingerprint density at radius 2 is 1.75 bits per heavy atom. The van der Waals surface area contributed by atoms with Crippen molar-refractivity contribution in [2.45, 2.75) is 12.3 Å². The Bertz CT molecular complexity index is 599. The monoisotopic (exact) mass is 275 g/mol. The van der Waals surface area contributed by atoms with Crippen molar-refractivity contribution in [3.63, 3.8) is 0 Å². The predicted octanol–water partition coefficient (Wildman–Crippen LogP) is 3.23. The maximum Gasteiger partial charge on any atom is 0.220 e. The minimum Gasteiger partial charge on any atom is -0.359 e. The number of nitrogens with one attached hydrogen (secondary N) is 1. The van der Waals surface area contributed by atoms with Crippen molar-refractivity contribution in [2.24, 2.45) is 0 Å². The first-order valence-electron chi connectivity index (χ1n) is 6.32. The molecule has 0 saturated heterocycles. The first-order valence-corrected chi connectivity index (χ1v) is 6.32. The Morgan fingerprint density at radius 1 is 1.05 bits per heavy atom. The van der Waals surface area contributed by atoms with Gasteiger partial charge in [0.25, 0.3) is 0 Å². The Hall–Kier alpha value is -2.23. The molecular weight excluding hydrogens is 260 g/mol. The lowest BCUT2D eigenvalue weighted by molar-refractivity contribution is -0.120. The highest BCUT2D eigenvalue weighted by atomic mass is 19.2. The topological polar surface area (TPSA) is 29.1 Å². The highest BCUT2D eigenvalue weighted by Crippen LogP contribution is 2.28. The quantitative estimate of drug-likeness (QED) is 0.912. The molecule has 1 atom stereocenters. The fourth-order valence-electron chi connectivity index (χ4n) is 2.13. The lowest BCUT2D eigenvalue weighted by Crippen LogP contribution is -2.21. The second-order valence-electron chi connectivity index (χ2n) is 4.51. The molecule has 0 aliphatic rings. The highest BCUT2D eigenvalue weighted by Gasteiger charge is 2.19. The number of halogens is 2. The zero-order valence-electron chi connectivity index (χ0n) is 11.1. The van der Waals surface area contributed by atoms with Gasteiger partial charge in [-0.15, -0.1) is 0 Å². The molecule has 1 unspecified atom stereocenters. The second kappa shape index (κ2) is 6.28. The van der Waals surface area contributed by atoms with E-state index in [9.17, 15) is 13.6 Å². The molecule has 2 rings (SSSR count). The van der Waals surface area contributed by atoms with Crippen LogP contribution in [0.3, 0.4) is 0 Å². The van der Waals surface area contributed by atoms with Crippen LogP contribution in [0.5, 0.6) is 0 Å². The van der Waals surface area contributed by atoms with Crippen molar-refractivity contribution in [1.29, 1.82) is 0 Å². The number of rotatable bonds is 4. The fourth-order valence-corrected chi connectivity index (χ4v) is 2.13. The van der Waals surface area contributed by atoms with Gasteiger partial charge in [0.15, 0.2) is 11.6 Å². The van der Waals surface area contributed by atoms with E-state index in [1.807, 2.05) is 30.3 Å². The molecule has 0 saturated carbocycles. The highest BCUT2D eigenvalue weighted by molar-refractivity contribution is 5.77. The number of benzene rings is 2. The maximum atomic E-state index is 13.4. The van der Waals surface area contributed by atoms with Crippen molar-refractivity contribution in [3.05, 3.63) is 71.3 Å². The first-order chi connectivity index (χ1) is 9.61. The van der Waals surface area contributed by atoms with Gasteiger partial charge in [0, 0.05) is 19.4 Å². The minimum atomic E-state index is -0.902. The summed E-state index contributed by atoms with van der Waals surface area (Å²) in [5.74, 6) is -2.24. The number of hydrogen-bond acceptors (Lipinski definition) is 1. The summed E-state index contributed by atoms with van der Waals surface area (Å²) in [4.78, 5) is 11.6. The molecular formula is C16H15F2NO. The molecule has 2 nitrogen and oxygen atoms in total. The number of carbonyl (C=O) groups excluding carboxylic acids is 1. The zero-order valence-corrected chi connectivity index (χ0v) is 11.1. The number of hydrogen-bond donors (Lipinski definition) is 1. The van der Waals surface area contributed by atoms with Crippen LogP contribution in [0.15, 0.2) is 48.5 Å². The molecule has 0 radical (unpaired) electrons. The Balaban J connectivity index is 2.40. The van der Waals surface area contributed by atoms with Crippen LogP contribution < -0.4 is 5.32 Å². The summed E-state index contributed by atoms with van der Waals surface area (Å²) in [6.07, 6.45) is 0.186. The van der Waals surface area contributed by atoms with Crippen LogP contribution in [0.2, 0.25) is 0 Å². The summed E-state index contributed by atoms with van der Waals surface area (Å²) < 4.78 is 26.4. The molecule has 1 N–H and O–H groups in total. The average molecular weight is 275 g/mol. The second-order valence-corrected chi connectivity index (χ2v) is 4.51. The molecule has 0 aliphatic carbocycles. The third kappa shape index (κ3) is 3.20. The lowest BCUT2D eigenvalue weighted by Gasteiger charge is -2.17. The summed E-state index contributed by atoms with van der Waals surface area (Å²) in [5.41, 5.74) is 1.47. The molecule has 4 heteroatoms. The van der Waals surface area contributed by atoms with Gasteiger partial charge in [-0.2, -0.15) is 0 Å². The van der Waals surface area contributed by atoms with Crippen molar-refractivity contribution in [2.75, 3.05) is 7.05 Å². The van der Waals surface area contributed by atoms with Crippen LogP contribution in [0, 0.1) is 11.6 Å². The van der Waals surface area contributed by atoms with Gasteiger partial charge >= 0.3 is 0 Å². The smallest absolute Gasteiger partial charge is 0.220 e. The van der Waals surface area contributed by atoms with Gasteiger partial charge in [-0.3, -0.25) is 4.79 Å². The average Bonchev–Trinajstić information content (AvgIpc) is 2.48. The third-order valence-corrected chi connectivity index (χ3v) is 3.22. The van der Waals surface area contributed by atoms with Crippen molar-refractivity contribution >= 4 is 5.91 Å². The molecule has 0 heterocycles. The van der Waals surface area contributed by atoms with Crippen LogP contribution >= 0.6 is 0 Å². The molecule has 0 aliphatic heterocycles. The first kappa shape index (κ1) is 14.2. The summed E-state index contributed by atoms with van der Waals surface area (Å²) in [5, 5.41) is 2.55. The standard InChI is InChI=1S/C16H15F2NO/c1-19-16(20)10-13(11-5-3-2-4-6-11)12-7-8-14(17)15(18)9-12/h2-9,13H,10H2,1H3,(H,19,20). The van der Waals surface area contributed by atoms with Crippen LogP contribution in [-0.2, 0) is 4.79 Å². The van der Waals surface area contributed by atoms with Gasteiger partial charge in [-0.25, -0.2) is 8.78 Å². The van der Waals surface area contributed by atoms with E-state index in [4.69, 9.17) is 0 Å². The summed E-state index contributed by atoms with van der Waals surface area (Å²) in [6, 6.07) is 13.1. The molecule has 20 heavy (non-hydrogen) atoms. The van der Waals surface area contributed by atoms with E-state index in [2.05, 4.69) is 5.32 Å². The van der Waals surface area contributed by atoms with Crippen LogP contribution in [0.25, 0.3) is 0 Å². The summed E-state index contributed by atoms with van der Waals surface area (Å²) in [7, 11) is 1.55. The van der Waals surface area contributed by atoms with Crippen molar-refractivity contribution in [3.8, 4) is 0 Å². The SMILES string of the molecule is CNC(=O)CC(c1ccccc1)c1ccc(F)c(F)c1. The van der Waals surface area contributed by atoms with Crippen LogP contribution in [0.1, 0.15) is 23.5 Å². The van der Waals surface area contributed by atoms with Crippen LogP contribution in [-0.4, -0.2) is 13.0 Å². The molecule has 0 fully saturated rings. The molecule has 0 bridgehead atoms. The van der Waals surface area contributed by atoms with E-state index in [-0.39, 0.29) is 18.2 Å².